The Kier molecular flexibility index (Phi) is 4.50. The summed E-state index contributed by atoms with van der Waals surface area (Å²) in [6.45, 7) is 6.12. The van der Waals surface area contributed by atoms with Crippen LogP contribution in [0.4, 0.5) is 0 Å². The molecule has 0 saturated heterocycles. The summed E-state index contributed by atoms with van der Waals surface area (Å²) in [5, 5.41) is 0.464. The molecular weight excluding hydrogens is 254 g/mol. The molecule has 0 aliphatic rings. The van der Waals surface area contributed by atoms with Gasteiger partial charge < -0.3 is 4.90 Å². The van der Waals surface area contributed by atoms with Gasteiger partial charge in [0.15, 0.2) is 0 Å². The van der Waals surface area contributed by atoms with Gasteiger partial charge in [-0.05, 0) is 38.5 Å². The van der Waals surface area contributed by atoms with Crippen LogP contribution in [0.1, 0.15) is 37.6 Å². The van der Waals surface area contributed by atoms with Crippen molar-refractivity contribution in [1.29, 1.82) is 0 Å². The van der Waals surface area contributed by atoms with Crippen molar-refractivity contribution >= 4 is 30.1 Å². The maximum atomic E-state index is 12.3. The lowest BCUT2D eigenvalue weighted by Crippen LogP contribution is -2.44. The minimum Gasteiger partial charge on any atom is -0.337 e. The molecule has 0 radical (unpaired) electrons. The number of benzene rings is 1. The van der Waals surface area contributed by atoms with Crippen molar-refractivity contribution < 1.29 is 4.79 Å². The monoisotopic (exact) mass is 271 g/mol. The Morgan fingerprint density at radius 3 is 2.59 bits per heavy atom. The van der Waals surface area contributed by atoms with E-state index in [1.807, 2.05) is 13.8 Å². The van der Waals surface area contributed by atoms with E-state index in [0.717, 1.165) is 11.3 Å². The molecule has 0 N–H and O–H groups in total. The van der Waals surface area contributed by atoms with Gasteiger partial charge in [-0.3, -0.25) is 4.79 Å². The lowest BCUT2D eigenvalue weighted by Gasteiger charge is -2.35. The van der Waals surface area contributed by atoms with Crippen LogP contribution in [0.2, 0.25) is 5.02 Å². The van der Waals surface area contributed by atoms with E-state index in [1.54, 1.807) is 30.1 Å². The first-order valence-corrected chi connectivity index (χ1v) is 6.39. The minimum absolute atomic E-state index is 0.0715. The van der Waals surface area contributed by atoms with E-state index in [4.69, 9.17) is 11.6 Å². The lowest BCUT2D eigenvalue weighted by molar-refractivity contribution is 0.0620. The Labute approximate surface area is 113 Å². The van der Waals surface area contributed by atoms with Gasteiger partial charge >= 0.3 is 0 Å². The third-order valence-corrected chi connectivity index (χ3v) is 3.87. The van der Waals surface area contributed by atoms with Crippen LogP contribution in [0.3, 0.4) is 0 Å². The number of carbonyl (C=O) groups excluding carboxylic acids is 1. The van der Waals surface area contributed by atoms with Gasteiger partial charge in [0.2, 0.25) is 0 Å². The van der Waals surface area contributed by atoms with Crippen LogP contribution in [0.25, 0.3) is 0 Å². The Bertz CT molecular complexity index is 431. The zero-order chi connectivity index (χ0) is 13.2. The van der Waals surface area contributed by atoms with Crippen LogP contribution < -0.4 is 0 Å². The average molecular weight is 272 g/mol. The highest BCUT2D eigenvalue weighted by atomic mass is 35.5. The first-order chi connectivity index (χ1) is 7.79. The molecule has 1 aromatic carbocycles. The number of hydrogen-bond donors (Lipinski definition) is 1. The van der Waals surface area contributed by atoms with Crippen LogP contribution >= 0.6 is 24.2 Å². The van der Waals surface area contributed by atoms with Crippen LogP contribution in [0.5, 0.6) is 0 Å². The molecule has 0 aliphatic heterocycles. The first-order valence-electron chi connectivity index (χ1n) is 5.56. The van der Waals surface area contributed by atoms with Crippen LogP contribution in [0.15, 0.2) is 23.1 Å². The van der Waals surface area contributed by atoms with Crippen LogP contribution in [-0.4, -0.2) is 23.4 Å². The van der Waals surface area contributed by atoms with Gasteiger partial charge in [-0.15, -0.1) is 12.6 Å². The smallest absolute Gasteiger partial charge is 0.255 e. The molecule has 0 aromatic heterocycles. The number of thiol groups is 1. The molecule has 0 fully saturated rings. The summed E-state index contributed by atoms with van der Waals surface area (Å²) in [4.78, 5) is 14.8. The summed E-state index contributed by atoms with van der Waals surface area (Å²) in [6, 6.07) is 5.17. The third-order valence-electron chi connectivity index (χ3n) is 3.26. The van der Waals surface area contributed by atoms with Crippen molar-refractivity contribution in [2.75, 3.05) is 7.05 Å². The molecule has 1 aromatic rings. The van der Waals surface area contributed by atoms with Crippen molar-refractivity contribution in [2.24, 2.45) is 0 Å². The largest absolute Gasteiger partial charge is 0.337 e. The second-order valence-electron chi connectivity index (χ2n) is 4.69. The zero-order valence-electron chi connectivity index (χ0n) is 10.6. The van der Waals surface area contributed by atoms with E-state index in [-0.39, 0.29) is 11.4 Å². The fraction of sp³-hybridized carbons (Fsp3) is 0.462. The highest BCUT2D eigenvalue weighted by Gasteiger charge is 2.27. The maximum absolute atomic E-state index is 12.3. The zero-order valence-corrected chi connectivity index (χ0v) is 12.3. The Morgan fingerprint density at radius 2 is 2.06 bits per heavy atom. The van der Waals surface area contributed by atoms with Crippen LogP contribution in [-0.2, 0) is 0 Å². The van der Waals surface area contributed by atoms with E-state index < -0.39 is 0 Å². The molecule has 1 rings (SSSR count). The molecule has 1 amide bonds. The molecule has 0 atom stereocenters. The van der Waals surface area contributed by atoms with Gasteiger partial charge in [0.05, 0.1) is 10.6 Å². The quantitative estimate of drug-likeness (QED) is 0.827. The molecule has 0 bridgehead atoms. The molecule has 0 saturated carbocycles. The van der Waals surface area contributed by atoms with Crippen molar-refractivity contribution in [1.82, 2.24) is 4.90 Å². The van der Waals surface area contributed by atoms with E-state index in [2.05, 4.69) is 19.6 Å². The summed E-state index contributed by atoms with van der Waals surface area (Å²) in [7, 11) is 1.80. The fourth-order valence-corrected chi connectivity index (χ4v) is 1.77. The number of hydrogen-bond acceptors (Lipinski definition) is 2. The van der Waals surface area contributed by atoms with Crippen molar-refractivity contribution in [2.45, 2.75) is 37.6 Å². The summed E-state index contributed by atoms with van der Waals surface area (Å²) < 4.78 is 0. The topological polar surface area (TPSA) is 20.3 Å². The Hall–Kier alpha value is -0.670. The molecular formula is C13H18ClNOS. The first kappa shape index (κ1) is 14.4. The SMILES string of the molecule is CCC(C)(C)N(C)C(=O)c1cc(S)ccc1Cl. The molecule has 0 unspecified atom stereocenters. The fourth-order valence-electron chi connectivity index (χ4n) is 1.37. The van der Waals surface area contributed by atoms with Gasteiger partial charge in [-0.1, -0.05) is 18.5 Å². The third kappa shape index (κ3) is 3.17. The molecule has 2 nitrogen and oxygen atoms in total. The molecule has 0 spiro atoms. The van der Waals surface area contributed by atoms with E-state index in [0.29, 0.717) is 10.6 Å². The van der Waals surface area contributed by atoms with Crippen molar-refractivity contribution in [3.63, 3.8) is 0 Å². The average Bonchev–Trinajstić information content (AvgIpc) is 2.30. The molecule has 0 aliphatic carbocycles. The van der Waals surface area contributed by atoms with Gasteiger partial charge in [0, 0.05) is 17.5 Å². The highest BCUT2D eigenvalue weighted by Crippen LogP contribution is 2.25. The molecule has 4 heteroatoms. The predicted octanol–water partition coefficient (Wildman–Crippen LogP) is 3.89. The minimum atomic E-state index is -0.187. The van der Waals surface area contributed by atoms with E-state index >= 15 is 0 Å². The van der Waals surface area contributed by atoms with Gasteiger partial charge in [0.25, 0.3) is 5.91 Å². The number of carbonyl (C=O) groups is 1. The van der Waals surface area contributed by atoms with Crippen LogP contribution in [0, 0.1) is 0 Å². The van der Waals surface area contributed by atoms with E-state index in [1.165, 1.54) is 0 Å². The number of amides is 1. The van der Waals surface area contributed by atoms with Crippen molar-refractivity contribution in [3.8, 4) is 0 Å². The van der Waals surface area contributed by atoms with Gasteiger partial charge in [0.1, 0.15) is 0 Å². The second-order valence-corrected chi connectivity index (χ2v) is 5.62. The standard InChI is InChI=1S/C13H18ClNOS/c1-5-13(2,3)15(4)12(16)10-8-9(17)6-7-11(10)14/h6-8,17H,5H2,1-4H3. The second kappa shape index (κ2) is 5.32. The predicted molar refractivity (Wildman–Crippen MR) is 75.2 cm³/mol. The number of nitrogens with zero attached hydrogens (tertiary/aromatic N) is 1. The van der Waals surface area contributed by atoms with Crippen molar-refractivity contribution in [3.05, 3.63) is 28.8 Å². The summed E-state index contributed by atoms with van der Waals surface area (Å²) in [5.41, 5.74) is 0.315. The summed E-state index contributed by atoms with van der Waals surface area (Å²) in [6.07, 6.45) is 0.882. The summed E-state index contributed by atoms with van der Waals surface area (Å²) >= 11 is 10.3. The number of halogens is 1. The highest BCUT2D eigenvalue weighted by molar-refractivity contribution is 7.80. The molecule has 17 heavy (non-hydrogen) atoms. The summed E-state index contributed by atoms with van der Waals surface area (Å²) in [5.74, 6) is -0.0715. The molecule has 94 valence electrons. The Morgan fingerprint density at radius 1 is 1.47 bits per heavy atom. The molecule has 0 heterocycles. The number of rotatable bonds is 3. The normalized spacial score (nSPS) is 11.4. The lowest BCUT2D eigenvalue weighted by atomic mass is 9.99. The van der Waals surface area contributed by atoms with E-state index in [9.17, 15) is 4.79 Å². The van der Waals surface area contributed by atoms with Gasteiger partial charge in [-0.25, -0.2) is 0 Å². The Balaban J connectivity index is 3.08. The van der Waals surface area contributed by atoms with Gasteiger partial charge in [-0.2, -0.15) is 0 Å². The maximum Gasteiger partial charge on any atom is 0.255 e.